The number of hydrogen-bond acceptors (Lipinski definition) is 4. The molecule has 0 atom stereocenters. The first kappa shape index (κ1) is 13.2. The number of halogens is 1. The van der Waals surface area contributed by atoms with Gasteiger partial charge in [-0.25, -0.2) is 9.59 Å². The number of rotatable bonds is 0. The highest BCUT2D eigenvalue weighted by Crippen LogP contribution is 2.38. The second-order valence-electron chi connectivity index (χ2n) is 5.33. The van der Waals surface area contributed by atoms with E-state index >= 15 is 0 Å². The van der Waals surface area contributed by atoms with Crippen LogP contribution in [-0.4, -0.2) is 17.7 Å². The van der Waals surface area contributed by atoms with E-state index in [2.05, 4.69) is 0 Å². The lowest BCUT2D eigenvalue weighted by molar-refractivity contribution is -0.222. The molecule has 1 aliphatic carbocycles. The first-order valence-electron chi connectivity index (χ1n) is 6.36. The van der Waals surface area contributed by atoms with Crippen molar-refractivity contribution < 1.29 is 19.1 Å². The second kappa shape index (κ2) is 4.35. The van der Waals surface area contributed by atoms with Gasteiger partial charge in [-0.2, -0.15) is 0 Å². The number of aryl methyl sites for hydroxylation is 1. The average molecular weight is 293 g/mol. The molecular formula is C15H13ClO4. The predicted molar refractivity (Wildman–Crippen MR) is 73.0 cm³/mol. The van der Waals surface area contributed by atoms with Crippen LogP contribution >= 0.6 is 11.6 Å². The molecule has 1 fully saturated rings. The van der Waals surface area contributed by atoms with Crippen molar-refractivity contribution in [3.8, 4) is 0 Å². The summed E-state index contributed by atoms with van der Waals surface area (Å²) in [6.07, 6.45) is 1.36. The van der Waals surface area contributed by atoms with Crippen molar-refractivity contribution in [2.45, 2.75) is 32.5 Å². The fourth-order valence-electron chi connectivity index (χ4n) is 2.62. The van der Waals surface area contributed by atoms with Gasteiger partial charge in [-0.3, -0.25) is 0 Å². The van der Waals surface area contributed by atoms with E-state index in [-0.39, 0.29) is 5.57 Å². The Morgan fingerprint density at radius 2 is 1.75 bits per heavy atom. The Balaban J connectivity index is 2.09. The van der Waals surface area contributed by atoms with Crippen LogP contribution in [0.25, 0.3) is 5.57 Å². The van der Waals surface area contributed by atoms with E-state index in [9.17, 15) is 9.59 Å². The van der Waals surface area contributed by atoms with Crippen LogP contribution in [0.1, 0.15) is 31.4 Å². The van der Waals surface area contributed by atoms with Crippen molar-refractivity contribution in [3.05, 3.63) is 39.9 Å². The molecule has 0 aromatic heterocycles. The third kappa shape index (κ3) is 2.10. The van der Waals surface area contributed by atoms with Crippen LogP contribution < -0.4 is 0 Å². The van der Waals surface area contributed by atoms with E-state index in [0.717, 1.165) is 17.5 Å². The number of ether oxygens (including phenoxy) is 2. The fraction of sp³-hybridized carbons (Fsp3) is 0.333. The topological polar surface area (TPSA) is 52.6 Å². The quantitative estimate of drug-likeness (QED) is 0.419. The van der Waals surface area contributed by atoms with Crippen LogP contribution in [0.4, 0.5) is 0 Å². The second-order valence-corrected chi connectivity index (χ2v) is 5.77. The molecule has 2 aliphatic rings. The van der Waals surface area contributed by atoms with Crippen LogP contribution in [0, 0.1) is 0 Å². The predicted octanol–water partition coefficient (Wildman–Crippen LogP) is 2.88. The number of carbonyl (C=O) groups is 2. The summed E-state index contributed by atoms with van der Waals surface area (Å²) in [5.41, 5.74) is 2.59. The minimum Gasteiger partial charge on any atom is -0.419 e. The van der Waals surface area contributed by atoms with Gasteiger partial charge in [0.2, 0.25) is 0 Å². The van der Waals surface area contributed by atoms with Gasteiger partial charge in [0.15, 0.2) is 0 Å². The Hall–Kier alpha value is -1.81. The van der Waals surface area contributed by atoms with Crippen molar-refractivity contribution in [1.29, 1.82) is 0 Å². The van der Waals surface area contributed by atoms with Crippen molar-refractivity contribution in [1.82, 2.24) is 0 Å². The van der Waals surface area contributed by atoms with Crippen LogP contribution in [0.15, 0.2) is 23.8 Å². The van der Waals surface area contributed by atoms with Gasteiger partial charge < -0.3 is 9.47 Å². The molecule has 0 amide bonds. The van der Waals surface area contributed by atoms with Crippen molar-refractivity contribution in [3.63, 3.8) is 0 Å². The number of benzene rings is 1. The zero-order chi connectivity index (χ0) is 14.5. The number of cyclic esters (lactones) is 2. The van der Waals surface area contributed by atoms with E-state index in [1.165, 1.54) is 13.8 Å². The van der Waals surface area contributed by atoms with Gasteiger partial charge >= 0.3 is 11.9 Å². The molecule has 1 aromatic carbocycles. The fourth-order valence-corrected chi connectivity index (χ4v) is 2.81. The lowest BCUT2D eigenvalue weighted by Gasteiger charge is -2.30. The summed E-state index contributed by atoms with van der Waals surface area (Å²) >= 11 is 5.95. The van der Waals surface area contributed by atoms with Crippen molar-refractivity contribution in [2.24, 2.45) is 0 Å². The minimum atomic E-state index is -1.21. The van der Waals surface area contributed by atoms with Crippen molar-refractivity contribution in [2.75, 3.05) is 0 Å². The zero-order valence-corrected chi connectivity index (χ0v) is 11.9. The number of esters is 2. The standard InChI is InChI=1S/C15H13ClO4/c1-15(2)19-13(17)12(14(18)20-15)11-5-3-8-7-9(16)4-6-10(8)11/h4,6-7H,3,5H2,1-2H3. The summed E-state index contributed by atoms with van der Waals surface area (Å²) in [7, 11) is 0. The largest absolute Gasteiger partial charge is 0.419 e. The average Bonchev–Trinajstić information content (AvgIpc) is 2.69. The van der Waals surface area contributed by atoms with Crippen LogP contribution in [-0.2, 0) is 25.5 Å². The van der Waals surface area contributed by atoms with E-state index < -0.39 is 17.7 Å². The molecule has 4 nitrogen and oxygen atoms in total. The Bertz CT molecular complexity index is 636. The summed E-state index contributed by atoms with van der Waals surface area (Å²) in [4.78, 5) is 24.2. The van der Waals surface area contributed by atoms with E-state index in [1.807, 2.05) is 12.1 Å². The summed E-state index contributed by atoms with van der Waals surface area (Å²) in [5.74, 6) is -2.45. The smallest absolute Gasteiger partial charge is 0.349 e. The van der Waals surface area contributed by atoms with Crippen molar-refractivity contribution >= 4 is 29.1 Å². The molecule has 1 saturated heterocycles. The van der Waals surface area contributed by atoms with Gasteiger partial charge in [-0.05, 0) is 41.7 Å². The minimum absolute atomic E-state index is 0.00500. The summed E-state index contributed by atoms with van der Waals surface area (Å²) in [6.45, 7) is 3.07. The maximum absolute atomic E-state index is 12.1. The molecule has 0 unspecified atom stereocenters. The zero-order valence-electron chi connectivity index (χ0n) is 11.2. The first-order chi connectivity index (χ1) is 9.37. The summed E-state index contributed by atoms with van der Waals surface area (Å²) in [6, 6.07) is 5.43. The van der Waals surface area contributed by atoms with Gasteiger partial charge in [-0.1, -0.05) is 17.7 Å². The highest BCUT2D eigenvalue weighted by Gasteiger charge is 2.41. The molecule has 1 aliphatic heterocycles. The number of hydrogen-bond donors (Lipinski definition) is 0. The molecule has 104 valence electrons. The Kier molecular flexibility index (Phi) is 2.87. The van der Waals surface area contributed by atoms with Gasteiger partial charge in [0.05, 0.1) is 0 Å². The number of allylic oxidation sites excluding steroid dienone is 1. The molecule has 0 N–H and O–H groups in total. The molecule has 5 heteroatoms. The van der Waals surface area contributed by atoms with Gasteiger partial charge in [0.25, 0.3) is 5.79 Å². The number of fused-ring (bicyclic) bond motifs is 1. The van der Waals surface area contributed by atoms with E-state index in [0.29, 0.717) is 17.0 Å². The molecule has 1 aromatic rings. The SMILES string of the molecule is CC1(C)OC(=O)C(=C2CCc3cc(Cl)ccc32)C(=O)O1. The molecule has 20 heavy (non-hydrogen) atoms. The van der Waals surface area contributed by atoms with Crippen LogP contribution in [0.3, 0.4) is 0 Å². The Morgan fingerprint density at radius 3 is 2.40 bits per heavy atom. The van der Waals surface area contributed by atoms with Gasteiger partial charge in [0, 0.05) is 18.9 Å². The van der Waals surface area contributed by atoms with Crippen LogP contribution in [0.5, 0.6) is 0 Å². The molecule has 1 heterocycles. The third-order valence-corrected chi connectivity index (χ3v) is 3.66. The van der Waals surface area contributed by atoms with Gasteiger partial charge in [0.1, 0.15) is 5.57 Å². The van der Waals surface area contributed by atoms with E-state index in [4.69, 9.17) is 21.1 Å². The van der Waals surface area contributed by atoms with E-state index in [1.54, 1.807) is 6.07 Å². The molecular weight excluding hydrogens is 280 g/mol. The lowest BCUT2D eigenvalue weighted by atomic mass is 10.0. The normalized spacial score (nSPS) is 20.6. The van der Waals surface area contributed by atoms with Crippen LogP contribution in [0.2, 0.25) is 5.02 Å². The highest BCUT2D eigenvalue weighted by atomic mass is 35.5. The number of carbonyl (C=O) groups excluding carboxylic acids is 2. The maximum atomic E-state index is 12.1. The maximum Gasteiger partial charge on any atom is 0.349 e. The molecule has 0 radical (unpaired) electrons. The first-order valence-corrected chi connectivity index (χ1v) is 6.74. The summed E-state index contributed by atoms with van der Waals surface area (Å²) in [5, 5.41) is 0.643. The highest BCUT2D eigenvalue weighted by molar-refractivity contribution is 6.30. The Morgan fingerprint density at radius 1 is 1.10 bits per heavy atom. The third-order valence-electron chi connectivity index (χ3n) is 3.42. The lowest BCUT2D eigenvalue weighted by Crippen LogP contribution is -2.42. The molecule has 3 rings (SSSR count). The monoisotopic (exact) mass is 292 g/mol. The molecule has 0 saturated carbocycles. The summed E-state index contributed by atoms with van der Waals surface area (Å²) < 4.78 is 10.3. The van der Waals surface area contributed by atoms with Gasteiger partial charge in [-0.15, -0.1) is 0 Å². The molecule has 0 bridgehead atoms. The Labute approximate surface area is 121 Å². The molecule has 0 spiro atoms.